The third-order valence-electron chi connectivity index (χ3n) is 3.54. The Hall–Kier alpha value is -2.01. The number of fused-ring (bicyclic) bond motifs is 1. The highest BCUT2D eigenvalue weighted by Crippen LogP contribution is 2.38. The number of aryl methyl sites for hydroxylation is 1. The van der Waals surface area contributed by atoms with Gasteiger partial charge in [0.05, 0.1) is 17.9 Å². The fraction of sp³-hybridized carbons (Fsp3) is 0.312. The van der Waals surface area contributed by atoms with Gasteiger partial charge in [-0.1, -0.05) is 6.08 Å². The van der Waals surface area contributed by atoms with E-state index in [0.29, 0.717) is 5.13 Å². The molecule has 1 unspecified atom stereocenters. The summed E-state index contributed by atoms with van der Waals surface area (Å²) in [4.78, 5) is 7.85. The second-order valence-electron chi connectivity index (χ2n) is 5.26. The number of thiazole rings is 1. The van der Waals surface area contributed by atoms with Gasteiger partial charge in [-0.3, -0.25) is 0 Å². The molecule has 0 aliphatic carbocycles. The van der Waals surface area contributed by atoms with Crippen LogP contribution in [0.4, 0.5) is 10.8 Å². The highest BCUT2D eigenvalue weighted by Gasteiger charge is 2.23. The quantitative estimate of drug-likeness (QED) is 0.882. The minimum Gasteiger partial charge on any atom is -0.487 e. The lowest BCUT2D eigenvalue weighted by Crippen LogP contribution is -2.38. The Morgan fingerprint density at radius 3 is 3.05 bits per heavy atom. The maximum atomic E-state index is 5.92. The Kier molecular flexibility index (Phi) is 3.59. The molecule has 21 heavy (non-hydrogen) atoms. The molecular weight excluding hydrogens is 282 g/mol. The standard InChI is InChI=1S/C16H19N3OS/c1-4-7-19-9-10(2)20-14-6-5-12(8-13(14)19)15-11(3)21-16(17)18-15/h4-6,8,10H,1,7,9H2,2-3H3,(H2,17,18). The van der Waals surface area contributed by atoms with Crippen molar-refractivity contribution < 1.29 is 4.74 Å². The first-order valence-electron chi connectivity index (χ1n) is 6.98. The third kappa shape index (κ3) is 2.61. The van der Waals surface area contributed by atoms with E-state index < -0.39 is 0 Å². The van der Waals surface area contributed by atoms with Crippen molar-refractivity contribution in [2.24, 2.45) is 0 Å². The van der Waals surface area contributed by atoms with E-state index in [-0.39, 0.29) is 6.10 Å². The molecule has 5 heteroatoms. The molecule has 0 fully saturated rings. The van der Waals surface area contributed by atoms with Crippen molar-refractivity contribution in [1.82, 2.24) is 4.98 Å². The first-order valence-corrected chi connectivity index (χ1v) is 7.80. The molecule has 3 rings (SSSR count). The molecule has 1 aromatic heterocycles. The van der Waals surface area contributed by atoms with Gasteiger partial charge in [-0.15, -0.1) is 17.9 Å². The van der Waals surface area contributed by atoms with Crippen LogP contribution in [0.5, 0.6) is 5.75 Å². The Bertz CT molecular complexity index is 680. The van der Waals surface area contributed by atoms with Gasteiger partial charge in [-0.25, -0.2) is 4.98 Å². The van der Waals surface area contributed by atoms with E-state index in [1.807, 2.05) is 25.1 Å². The Labute approximate surface area is 128 Å². The lowest BCUT2D eigenvalue weighted by molar-refractivity contribution is 0.214. The molecule has 4 nitrogen and oxygen atoms in total. The summed E-state index contributed by atoms with van der Waals surface area (Å²) in [5, 5.41) is 0.605. The Morgan fingerprint density at radius 2 is 2.38 bits per heavy atom. The maximum absolute atomic E-state index is 5.92. The van der Waals surface area contributed by atoms with E-state index in [0.717, 1.165) is 40.7 Å². The average molecular weight is 301 g/mol. The molecule has 0 radical (unpaired) electrons. The summed E-state index contributed by atoms with van der Waals surface area (Å²) >= 11 is 1.52. The van der Waals surface area contributed by atoms with Crippen molar-refractivity contribution in [2.45, 2.75) is 20.0 Å². The molecule has 1 aromatic carbocycles. The topological polar surface area (TPSA) is 51.4 Å². The van der Waals surface area contributed by atoms with Crippen LogP contribution in [-0.2, 0) is 0 Å². The number of hydrogen-bond donors (Lipinski definition) is 1. The van der Waals surface area contributed by atoms with Crippen LogP contribution in [0, 0.1) is 6.92 Å². The van der Waals surface area contributed by atoms with Crippen molar-refractivity contribution in [3.8, 4) is 17.0 Å². The van der Waals surface area contributed by atoms with Crippen molar-refractivity contribution >= 4 is 22.2 Å². The van der Waals surface area contributed by atoms with Gasteiger partial charge in [-0.05, 0) is 32.0 Å². The third-order valence-corrected chi connectivity index (χ3v) is 4.34. The van der Waals surface area contributed by atoms with Crippen molar-refractivity contribution in [3.63, 3.8) is 0 Å². The van der Waals surface area contributed by atoms with E-state index in [9.17, 15) is 0 Å². The normalized spacial score (nSPS) is 17.2. The number of anilines is 2. The fourth-order valence-corrected chi connectivity index (χ4v) is 3.40. The van der Waals surface area contributed by atoms with Crippen LogP contribution >= 0.6 is 11.3 Å². The lowest BCUT2D eigenvalue weighted by Gasteiger charge is -2.34. The number of hydrogen-bond acceptors (Lipinski definition) is 5. The van der Waals surface area contributed by atoms with Gasteiger partial charge < -0.3 is 15.4 Å². The monoisotopic (exact) mass is 301 g/mol. The van der Waals surface area contributed by atoms with Gasteiger partial charge in [0.2, 0.25) is 0 Å². The molecule has 1 aliphatic heterocycles. The van der Waals surface area contributed by atoms with Gasteiger partial charge in [0.1, 0.15) is 11.9 Å². The minimum absolute atomic E-state index is 0.181. The molecule has 1 atom stereocenters. The first kappa shape index (κ1) is 13.9. The smallest absolute Gasteiger partial charge is 0.180 e. The van der Waals surface area contributed by atoms with Crippen LogP contribution in [0.15, 0.2) is 30.9 Å². The second kappa shape index (κ2) is 5.41. The van der Waals surface area contributed by atoms with Gasteiger partial charge in [-0.2, -0.15) is 0 Å². The molecule has 0 saturated carbocycles. The number of ether oxygens (including phenoxy) is 1. The predicted molar refractivity (Wildman–Crippen MR) is 89.2 cm³/mol. The SMILES string of the molecule is C=CCN1CC(C)Oc2ccc(-c3nc(N)sc3C)cc21. The van der Waals surface area contributed by atoms with Crippen LogP contribution in [0.3, 0.4) is 0 Å². The highest BCUT2D eigenvalue weighted by molar-refractivity contribution is 7.15. The molecule has 2 heterocycles. The number of nitrogens with two attached hydrogens (primary N) is 1. The van der Waals surface area contributed by atoms with Crippen LogP contribution in [0.1, 0.15) is 11.8 Å². The average Bonchev–Trinajstić information content (AvgIpc) is 2.77. The van der Waals surface area contributed by atoms with Crippen LogP contribution < -0.4 is 15.4 Å². The summed E-state index contributed by atoms with van der Waals surface area (Å²) in [5.41, 5.74) is 8.93. The van der Waals surface area contributed by atoms with Gasteiger partial charge in [0.15, 0.2) is 5.13 Å². The van der Waals surface area contributed by atoms with E-state index in [1.54, 1.807) is 0 Å². The predicted octanol–water partition coefficient (Wildman–Crippen LogP) is 3.47. The summed E-state index contributed by atoms with van der Waals surface area (Å²) in [6, 6.07) is 6.20. The number of benzene rings is 1. The van der Waals surface area contributed by atoms with E-state index in [2.05, 4.69) is 29.5 Å². The van der Waals surface area contributed by atoms with Crippen molar-refractivity contribution in [2.75, 3.05) is 23.7 Å². The molecule has 0 saturated heterocycles. The van der Waals surface area contributed by atoms with E-state index in [4.69, 9.17) is 10.5 Å². The number of nitrogens with zero attached hydrogens (tertiary/aromatic N) is 2. The molecule has 2 aromatic rings. The number of rotatable bonds is 3. The summed E-state index contributed by atoms with van der Waals surface area (Å²) < 4.78 is 5.92. The molecule has 0 spiro atoms. The van der Waals surface area contributed by atoms with Gasteiger partial charge >= 0.3 is 0 Å². The zero-order valence-corrected chi connectivity index (χ0v) is 13.1. The summed E-state index contributed by atoms with van der Waals surface area (Å²) in [6.07, 6.45) is 2.10. The Morgan fingerprint density at radius 1 is 1.57 bits per heavy atom. The summed E-state index contributed by atoms with van der Waals surface area (Å²) in [7, 11) is 0. The van der Waals surface area contributed by atoms with Crippen LogP contribution in [0.25, 0.3) is 11.3 Å². The molecular formula is C16H19N3OS. The second-order valence-corrected chi connectivity index (χ2v) is 6.50. The van der Waals surface area contributed by atoms with Crippen molar-refractivity contribution in [1.29, 1.82) is 0 Å². The number of aromatic nitrogens is 1. The van der Waals surface area contributed by atoms with Gasteiger partial charge in [0, 0.05) is 17.0 Å². The van der Waals surface area contributed by atoms with Gasteiger partial charge in [0.25, 0.3) is 0 Å². The van der Waals surface area contributed by atoms with E-state index >= 15 is 0 Å². The summed E-state index contributed by atoms with van der Waals surface area (Å²) in [6.45, 7) is 9.64. The molecule has 110 valence electrons. The fourth-order valence-electron chi connectivity index (χ4n) is 2.69. The summed E-state index contributed by atoms with van der Waals surface area (Å²) in [5.74, 6) is 0.917. The number of nitrogen functional groups attached to an aromatic ring is 1. The maximum Gasteiger partial charge on any atom is 0.180 e. The minimum atomic E-state index is 0.181. The zero-order valence-electron chi connectivity index (χ0n) is 12.3. The highest BCUT2D eigenvalue weighted by atomic mass is 32.1. The molecule has 1 aliphatic rings. The lowest BCUT2D eigenvalue weighted by atomic mass is 10.1. The first-order chi connectivity index (χ1) is 10.1. The van der Waals surface area contributed by atoms with E-state index in [1.165, 1.54) is 11.3 Å². The molecule has 2 N–H and O–H groups in total. The van der Waals surface area contributed by atoms with Crippen molar-refractivity contribution in [3.05, 3.63) is 35.7 Å². The van der Waals surface area contributed by atoms with Crippen LogP contribution in [0.2, 0.25) is 0 Å². The largest absolute Gasteiger partial charge is 0.487 e. The Balaban J connectivity index is 2.05. The zero-order chi connectivity index (χ0) is 15.0. The molecule has 0 bridgehead atoms. The molecule has 0 amide bonds. The van der Waals surface area contributed by atoms with Crippen LogP contribution in [-0.4, -0.2) is 24.2 Å².